The monoisotopic (exact) mass is 375 g/mol. The van der Waals surface area contributed by atoms with Crippen LogP contribution in [-0.2, 0) is 4.74 Å². The molecule has 1 aliphatic heterocycles. The Balaban J connectivity index is 1.69. The zero-order chi connectivity index (χ0) is 18.5. The van der Waals surface area contributed by atoms with Gasteiger partial charge in [0.05, 0.1) is 24.2 Å². The molecule has 8 heteroatoms. The summed E-state index contributed by atoms with van der Waals surface area (Å²) >= 11 is 1.67. The first-order valence-electron chi connectivity index (χ1n) is 8.44. The Bertz CT molecular complexity index is 773. The van der Waals surface area contributed by atoms with Crippen LogP contribution in [0.15, 0.2) is 35.7 Å². The number of hydrogen-bond donors (Lipinski definition) is 1. The highest BCUT2D eigenvalue weighted by molar-refractivity contribution is 7.10. The highest BCUT2D eigenvalue weighted by Gasteiger charge is 2.24. The van der Waals surface area contributed by atoms with Gasteiger partial charge in [-0.3, -0.25) is 19.8 Å². The molecule has 1 aliphatic rings. The molecule has 0 unspecified atom stereocenters. The Morgan fingerprint density at radius 3 is 2.77 bits per heavy atom. The lowest BCUT2D eigenvalue weighted by molar-refractivity contribution is -0.385. The molecule has 2 aromatic rings. The Kier molecular flexibility index (Phi) is 5.97. The fraction of sp³-hybridized carbons (Fsp3) is 0.389. The van der Waals surface area contributed by atoms with Crippen LogP contribution in [0.1, 0.15) is 26.8 Å². The van der Waals surface area contributed by atoms with Gasteiger partial charge in [-0.2, -0.15) is 0 Å². The van der Waals surface area contributed by atoms with Crippen LogP contribution in [0.2, 0.25) is 0 Å². The number of benzene rings is 1. The van der Waals surface area contributed by atoms with Crippen molar-refractivity contribution in [1.29, 1.82) is 0 Å². The average molecular weight is 375 g/mol. The molecule has 7 nitrogen and oxygen atoms in total. The Morgan fingerprint density at radius 2 is 2.15 bits per heavy atom. The van der Waals surface area contributed by atoms with Crippen molar-refractivity contribution in [1.82, 2.24) is 10.2 Å². The van der Waals surface area contributed by atoms with E-state index in [1.807, 2.05) is 11.4 Å². The lowest BCUT2D eigenvalue weighted by atomic mass is 10.1. The van der Waals surface area contributed by atoms with Crippen LogP contribution in [-0.4, -0.2) is 48.6 Å². The molecule has 26 heavy (non-hydrogen) atoms. The van der Waals surface area contributed by atoms with E-state index in [1.54, 1.807) is 24.3 Å². The maximum Gasteiger partial charge on any atom is 0.272 e. The molecule has 0 aliphatic carbocycles. The number of rotatable bonds is 6. The summed E-state index contributed by atoms with van der Waals surface area (Å²) in [6, 6.07) is 8.62. The minimum atomic E-state index is -0.442. The number of nitrogens with zero attached hydrogens (tertiary/aromatic N) is 2. The summed E-state index contributed by atoms with van der Waals surface area (Å²) in [7, 11) is 0. The summed E-state index contributed by atoms with van der Waals surface area (Å²) in [4.78, 5) is 26.5. The first-order valence-corrected chi connectivity index (χ1v) is 9.32. The molecule has 1 aromatic heterocycles. The van der Waals surface area contributed by atoms with Gasteiger partial charge in [0.2, 0.25) is 0 Å². The normalized spacial score (nSPS) is 16.2. The van der Waals surface area contributed by atoms with Gasteiger partial charge in [0.1, 0.15) is 0 Å². The van der Waals surface area contributed by atoms with Gasteiger partial charge in [-0.1, -0.05) is 6.07 Å². The van der Waals surface area contributed by atoms with Crippen LogP contribution >= 0.6 is 11.3 Å². The van der Waals surface area contributed by atoms with Crippen molar-refractivity contribution in [2.45, 2.75) is 13.0 Å². The van der Waals surface area contributed by atoms with Crippen molar-refractivity contribution in [3.63, 3.8) is 0 Å². The van der Waals surface area contributed by atoms with Crippen LogP contribution in [0, 0.1) is 17.0 Å². The van der Waals surface area contributed by atoms with E-state index in [9.17, 15) is 14.9 Å². The van der Waals surface area contributed by atoms with E-state index < -0.39 is 4.92 Å². The van der Waals surface area contributed by atoms with E-state index in [0.717, 1.165) is 13.1 Å². The summed E-state index contributed by atoms with van der Waals surface area (Å²) in [6.45, 7) is 5.16. The van der Waals surface area contributed by atoms with Gasteiger partial charge in [-0.25, -0.2) is 0 Å². The van der Waals surface area contributed by atoms with Gasteiger partial charge in [-0.15, -0.1) is 11.3 Å². The number of amides is 1. The topological polar surface area (TPSA) is 84.7 Å². The number of carbonyl (C=O) groups is 1. The molecule has 1 saturated heterocycles. The number of carbonyl (C=O) groups excluding carboxylic acids is 1. The highest BCUT2D eigenvalue weighted by Crippen LogP contribution is 2.25. The lowest BCUT2D eigenvalue weighted by Gasteiger charge is -2.34. The largest absolute Gasteiger partial charge is 0.379 e. The molecule has 1 amide bonds. The molecule has 138 valence electrons. The number of aryl methyl sites for hydroxylation is 1. The van der Waals surface area contributed by atoms with Crippen molar-refractivity contribution in [3.8, 4) is 0 Å². The van der Waals surface area contributed by atoms with Gasteiger partial charge in [0.25, 0.3) is 11.6 Å². The Hall–Kier alpha value is -2.29. The summed E-state index contributed by atoms with van der Waals surface area (Å²) in [5.41, 5.74) is 0.928. The number of nitro benzene ring substituents is 1. The molecular formula is C18H21N3O4S. The molecule has 3 rings (SSSR count). The van der Waals surface area contributed by atoms with Crippen molar-refractivity contribution in [2.75, 3.05) is 32.8 Å². The van der Waals surface area contributed by atoms with E-state index in [-0.39, 0.29) is 17.6 Å². The first-order chi connectivity index (χ1) is 12.6. The van der Waals surface area contributed by atoms with Crippen LogP contribution < -0.4 is 5.32 Å². The minimum Gasteiger partial charge on any atom is -0.379 e. The fourth-order valence-electron chi connectivity index (χ4n) is 3.07. The highest BCUT2D eigenvalue weighted by atomic mass is 32.1. The number of hydrogen-bond acceptors (Lipinski definition) is 6. The second-order valence-corrected chi connectivity index (χ2v) is 7.13. The summed E-state index contributed by atoms with van der Waals surface area (Å²) in [5, 5.41) is 15.9. The van der Waals surface area contributed by atoms with E-state index in [2.05, 4.69) is 16.3 Å². The zero-order valence-corrected chi connectivity index (χ0v) is 15.3. The zero-order valence-electron chi connectivity index (χ0n) is 14.5. The molecular weight excluding hydrogens is 354 g/mol. The molecule has 1 atom stereocenters. The van der Waals surface area contributed by atoms with Crippen molar-refractivity contribution in [3.05, 3.63) is 61.8 Å². The van der Waals surface area contributed by atoms with Crippen LogP contribution in [0.25, 0.3) is 0 Å². The summed E-state index contributed by atoms with van der Waals surface area (Å²) in [6.07, 6.45) is 0. The fourth-order valence-corrected chi connectivity index (χ4v) is 3.93. The van der Waals surface area contributed by atoms with Gasteiger partial charge in [-0.05, 0) is 30.5 Å². The lowest BCUT2D eigenvalue weighted by Crippen LogP contribution is -2.43. The molecule has 0 saturated carbocycles. The smallest absolute Gasteiger partial charge is 0.272 e. The standard InChI is InChI=1S/C18H21N3O4S/c1-13-11-14(4-5-15(13)21(23)24)18(22)19-12-16(17-3-2-10-26-17)20-6-8-25-9-7-20/h2-5,10-11,16H,6-9,12H2,1H3,(H,19,22)/t16-/m1/s1. The third-order valence-electron chi connectivity index (χ3n) is 4.47. The maximum absolute atomic E-state index is 12.5. The van der Waals surface area contributed by atoms with Gasteiger partial charge in [0.15, 0.2) is 0 Å². The third kappa shape index (κ3) is 4.27. The van der Waals surface area contributed by atoms with Gasteiger partial charge >= 0.3 is 0 Å². The molecule has 2 heterocycles. The number of thiophene rings is 1. The predicted molar refractivity (Wildman–Crippen MR) is 99.6 cm³/mol. The molecule has 0 radical (unpaired) electrons. The quantitative estimate of drug-likeness (QED) is 0.620. The summed E-state index contributed by atoms with van der Waals surface area (Å²) < 4.78 is 5.43. The second-order valence-electron chi connectivity index (χ2n) is 6.15. The van der Waals surface area contributed by atoms with Gasteiger partial charge < -0.3 is 10.1 Å². The number of nitro groups is 1. The van der Waals surface area contributed by atoms with E-state index in [4.69, 9.17) is 4.74 Å². The molecule has 0 spiro atoms. The van der Waals surface area contributed by atoms with Crippen molar-refractivity contribution < 1.29 is 14.5 Å². The number of nitrogens with one attached hydrogen (secondary N) is 1. The molecule has 1 aromatic carbocycles. The summed E-state index contributed by atoms with van der Waals surface area (Å²) in [5.74, 6) is -0.224. The molecule has 1 N–H and O–H groups in total. The Morgan fingerprint density at radius 1 is 1.38 bits per heavy atom. The third-order valence-corrected chi connectivity index (χ3v) is 5.44. The molecule has 0 bridgehead atoms. The van der Waals surface area contributed by atoms with Crippen LogP contribution in [0.5, 0.6) is 0 Å². The average Bonchev–Trinajstić information content (AvgIpc) is 3.16. The van der Waals surface area contributed by atoms with E-state index in [0.29, 0.717) is 30.9 Å². The van der Waals surface area contributed by atoms with Crippen LogP contribution in [0.3, 0.4) is 0 Å². The first kappa shape index (κ1) is 18.5. The van der Waals surface area contributed by atoms with Crippen LogP contribution in [0.4, 0.5) is 5.69 Å². The Labute approximate surface area is 155 Å². The number of morpholine rings is 1. The van der Waals surface area contributed by atoms with Gasteiger partial charge in [0, 0.05) is 41.7 Å². The van der Waals surface area contributed by atoms with Crippen molar-refractivity contribution in [2.24, 2.45) is 0 Å². The second kappa shape index (κ2) is 8.39. The maximum atomic E-state index is 12.5. The van der Waals surface area contributed by atoms with E-state index in [1.165, 1.54) is 17.0 Å². The molecule has 1 fully saturated rings. The number of ether oxygens (including phenoxy) is 1. The minimum absolute atomic E-state index is 0.0197. The SMILES string of the molecule is Cc1cc(C(=O)NC[C@H](c2cccs2)N2CCOCC2)ccc1[N+](=O)[O-]. The van der Waals surface area contributed by atoms with Crippen molar-refractivity contribution >= 4 is 22.9 Å². The predicted octanol–water partition coefficient (Wildman–Crippen LogP) is 2.77. The van der Waals surface area contributed by atoms with E-state index >= 15 is 0 Å².